The van der Waals surface area contributed by atoms with E-state index in [0.29, 0.717) is 18.5 Å². The highest BCUT2D eigenvalue weighted by molar-refractivity contribution is 5.79. The van der Waals surface area contributed by atoms with E-state index in [0.717, 1.165) is 12.8 Å². The topological polar surface area (TPSA) is 55.1 Å². The summed E-state index contributed by atoms with van der Waals surface area (Å²) in [6, 6.07) is 0.489. The number of carbonyl (C=O) groups excluding carboxylic acids is 1. The van der Waals surface area contributed by atoms with Gasteiger partial charge in [0.05, 0.1) is 0 Å². The summed E-state index contributed by atoms with van der Waals surface area (Å²) in [5.74, 6) is 0.902. The summed E-state index contributed by atoms with van der Waals surface area (Å²) in [5.41, 5.74) is 5.70. The fraction of sp³-hybridized carbons (Fsp3) is 0.909. The molecule has 2 fully saturated rings. The molecule has 0 saturated heterocycles. The lowest BCUT2D eigenvalue weighted by atomic mass is 9.79. The second-order valence-electron chi connectivity index (χ2n) is 4.67. The molecule has 3 nitrogen and oxygen atoms in total. The molecule has 0 aliphatic heterocycles. The van der Waals surface area contributed by atoms with E-state index in [1.165, 1.54) is 25.7 Å². The summed E-state index contributed by atoms with van der Waals surface area (Å²) in [6.45, 7) is 0.669. The van der Waals surface area contributed by atoms with Crippen LogP contribution < -0.4 is 11.1 Å². The molecule has 0 aromatic carbocycles. The molecular weight excluding hydrogens is 176 g/mol. The lowest BCUT2D eigenvalue weighted by Crippen LogP contribution is -2.40. The van der Waals surface area contributed by atoms with Crippen molar-refractivity contribution >= 4 is 5.91 Å². The number of rotatable bonds is 3. The van der Waals surface area contributed by atoms with E-state index in [1.54, 1.807) is 0 Å². The second-order valence-corrected chi connectivity index (χ2v) is 4.67. The van der Waals surface area contributed by atoms with Gasteiger partial charge < -0.3 is 11.1 Å². The molecule has 2 rings (SSSR count). The van der Waals surface area contributed by atoms with Crippen LogP contribution >= 0.6 is 0 Å². The number of hydrogen-bond acceptors (Lipinski definition) is 2. The van der Waals surface area contributed by atoms with Crippen LogP contribution in [0.1, 0.15) is 38.5 Å². The first kappa shape index (κ1) is 9.97. The normalized spacial score (nSPS) is 32.6. The van der Waals surface area contributed by atoms with Gasteiger partial charge in [-0.15, -0.1) is 0 Å². The van der Waals surface area contributed by atoms with Gasteiger partial charge in [-0.25, -0.2) is 0 Å². The number of hydrogen-bond donors (Lipinski definition) is 2. The van der Waals surface area contributed by atoms with Crippen LogP contribution in [0, 0.1) is 11.8 Å². The largest absolute Gasteiger partial charge is 0.353 e. The highest BCUT2D eigenvalue weighted by atomic mass is 16.2. The molecule has 0 radical (unpaired) electrons. The van der Waals surface area contributed by atoms with Gasteiger partial charge in [0, 0.05) is 12.0 Å². The van der Waals surface area contributed by atoms with Crippen LogP contribution in [0.4, 0.5) is 0 Å². The van der Waals surface area contributed by atoms with Crippen molar-refractivity contribution in [3.63, 3.8) is 0 Å². The highest BCUT2D eigenvalue weighted by Crippen LogP contribution is 2.30. The minimum atomic E-state index is 0.203. The Bertz CT molecular complexity index is 213. The van der Waals surface area contributed by atoms with Crippen molar-refractivity contribution in [2.75, 3.05) is 6.54 Å². The maximum Gasteiger partial charge on any atom is 0.223 e. The van der Waals surface area contributed by atoms with Crippen molar-refractivity contribution in [1.82, 2.24) is 5.32 Å². The van der Waals surface area contributed by atoms with Crippen LogP contribution in [0.15, 0.2) is 0 Å². The van der Waals surface area contributed by atoms with Gasteiger partial charge in [-0.05, 0) is 38.1 Å². The Balaban J connectivity index is 1.87. The van der Waals surface area contributed by atoms with E-state index in [4.69, 9.17) is 5.73 Å². The molecule has 0 heterocycles. The van der Waals surface area contributed by atoms with Gasteiger partial charge in [0.2, 0.25) is 5.91 Å². The Morgan fingerprint density at radius 2 is 1.93 bits per heavy atom. The first-order valence-corrected chi connectivity index (χ1v) is 5.81. The molecule has 2 aliphatic rings. The monoisotopic (exact) mass is 196 g/mol. The average Bonchev–Trinajstić information content (AvgIpc) is 3.01. The zero-order valence-corrected chi connectivity index (χ0v) is 8.67. The Kier molecular flexibility index (Phi) is 3.06. The van der Waals surface area contributed by atoms with Gasteiger partial charge in [-0.1, -0.05) is 12.8 Å². The van der Waals surface area contributed by atoms with Gasteiger partial charge >= 0.3 is 0 Å². The predicted molar refractivity (Wildman–Crippen MR) is 55.7 cm³/mol. The average molecular weight is 196 g/mol. The van der Waals surface area contributed by atoms with E-state index in [-0.39, 0.29) is 11.8 Å². The molecule has 2 saturated carbocycles. The van der Waals surface area contributed by atoms with Crippen LogP contribution in [0.2, 0.25) is 0 Å². The standard InChI is InChI=1S/C11H20N2O/c12-7-8-3-1-2-4-10(8)11(14)13-9-5-6-9/h8-10H,1-7,12H2,(H,13,14). The predicted octanol–water partition coefficient (Wildman–Crippen LogP) is 1.03. The maximum absolute atomic E-state index is 11.9. The number of nitrogens with two attached hydrogens (primary N) is 1. The molecule has 0 bridgehead atoms. The number of carbonyl (C=O) groups is 1. The summed E-state index contributed by atoms with van der Waals surface area (Å²) in [5, 5.41) is 3.09. The van der Waals surface area contributed by atoms with Crippen molar-refractivity contribution < 1.29 is 4.79 Å². The minimum Gasteiger partial charge on any atom is -0.353 e. The van der Waals surface area contributed by atoms with E-state index in [9.17, 15) is 4.79 Å². The zero-order chi connectivity index (χ0) is 9.97. The molecule has 2 unspecified atom stereocenters. The van der Waals surface area contributed by atoms with Crippen LogP contribution in [0.25, 0.3) is 0 Å². The minimum absolute atomic E-state index is 0.203. The van der Waals surface area contributed by atoms with E-state index < -0.39 is 0 Å². The molecule has 3 N–H and O–H groups in total. The number of nitrogens with one attached hydrogen (secondary N) is 1. The van der Waals surface area contributed by atoms with Crippen LogP contribution in [0.5, 0.6) is 0 Å². The molecule has 0 spiro atoms. The summed E-state index contributed by atoms with van der Waals surface area (Å²) in [6.07, 6.45) is 6.96. The zero-order valence-electron chi connectivity index (χ0n) is 8.67. The van der Waals surface area contributed by atoms with Crippen LogP contribution in [-0.2, 0) is 4.79 Å². The van der Waals surface area contributed by atoms with Gasteiger partial charge in [0.25, 0.3) is 0 Å². The molecule has 80 valence electrons. The SMILES string of the molecule is NCC1CCCCC1C(=O)NC1CC1. The lowest BCUT2D eigenvalue weighted by Gasteiger charge is -2.29. The van der Waals surface area contributed by atoms with Crippen molar-refractivity contribution in [3.8, 4) is 0 Å². The van der Waals surface area contributed by atoms with Crippen molar-refractivity contribution in [2.24, 2.45) is 17.6 Å². The summed E-state index contributed by atoms with van der Waals surface area (Å²) in [4.78, 5) is 11.9. The quantitative estimate of drug-likeness (QED) is 0.708. The molecule has 2 atom stereocenters. The maximum atomic E-state index is 11.9. The Morgan fingerprint density at radius 3 is 2.57 bits per heavy atom. The molecule has 3 heteroatoms. The van der Waals surface area contributed by atoms with Gasteiger partial charge in [-0.2, -0.15) is 0 Å². The molecule has 14 heavy (non-hydrogen) atoms. The Labute approximate surface area is 85.4 Å². The first-order valence-electron chi connectivity index (χ1n) is 5.81. The third-order valence-electron chi connectivity index (χ3n) is 3.47. The lowest BCUT2D eigenvalue weighted by molar-refractivity contribution is -0.127. The second kappa shape index (κ2) is 4.30. The molecule has 2 aliphatic carbocycles. The molecule has 0 aromatic rings. The molecular formula is C11H20N2O. The Morgan fingerprint density at radius 1 is 1.21 bits per heavy atom. The van der Waals surface area contributed by atoms with Gasteiger partial charge in [0.15, 0.2) is 0 Å². The fourth-order valence-electron chi connectivity index (χ4n) is 2.37. The fourth-order valence-corrected chi connectivity index (χ4v) is 2.37. The van der Waals surface area contributed by atoms with E-state index in [1.807, 2.05) is 0 Å². The summed E-state index contributed by atoms with van der Waals surface area (Å²) < 4.78 is 0. The van der Waals surface area contributed by atoms with E-state index in [2.05, 4.69) is 5.32 Å². The summed E-state index contributed by atoms with van der Waals surface area (Å²) in [7, 11) is 0. The van der Waals surface area contributed by atoms with Crippen molar-refractivity contribution in [2.45, 2.75) is 44.6 Å². The number of amides is 1. The van der Waals surface area contributed by atoms with Crippen LogP contribution in [-0.4, -0.2) is 18.5 Å². The molecule has 0 aromatic heterocycles. The molecule has 1 amide bonds. The van der Waals surface area contributed by atoms with E-state index >= 15 is 0 Å². The van der Waals surface area contributed by atoms with Crippen molar-refractivity contribution in [1.29, 1.82) is 0 Å². The summed E-state index contributed by atoms with van der Waals surface area (Å²) >= 11 is 0. The van der Waals surface area contributed by atoms with Crippen LogP contribution in [0.3, 0.4) is 0 Å². The third-order valence-corrected chi connectivity index (χ3v) is 3.47. The van der Waals surface area contributed by atoms with Crippen molar-refractivity contribution in [3.05, 3.63) is 0 Å². The smallest absolute Gasteiger partial charge is 0.223 e. The van der Waals surface area contributed by atoms with Gasteiger partial charge in [-0.3, -0.25) is 4.79 Å². The Hall–Kier alpha value is -0.570. The van der Waals surface area contributed by atoms with Gasteiger partial charge in [0.1, 0.15) is 0 Å². The third kappa shape index (κ3) is 2.27. The first-order chi connectivity index (χ1) is 6.81. The highest BCUT2D eigenvalue weighted by Gasteiger charge is 2.33.